The molecule has 0 saturated carbocycles. The van der Waals surface area contributed by atoms with Crippen molar-refractivity contribution in [1.82, 2.24) is 14.4 Å². The van der Waals surface area contributed by atoms with Crippen LogP contribution in [0, 0.1) is 6.92 Å². The van der Waals surface area contributed by atoms with Crippen molar-refractivity contribution in [1.29, 1.82) is 0 Å². The summed E-state index contributed by atoms with van der Waals surface area (Å²) < 4.78 is 2.19. The Hall–Kier alpha value is -3.58. The number of thiophene rings is 1. The summed E-state index contributed by atoms with van der Waals surface area (Å²) in [5.41, 5.74) is 3.91. The SMILES string of the molecule is Cc1ccccc1NC(=O)N1CCN(C(=O)c2cc3ccsc3n2CCCc2ccccc2)C[C@@H]1C. The van der Waals surface area contributed by atoms with Crippen LogP contribution in [0.4, 0.5) is 10.5 Å². The maximum Gasteiger partial charge on any atom is 0.322 e. The zero-order chi connectivity index (χ0) is 25.1. The average Bonchev–Trinajstić information content (AvgIpc) is 3.48. The molecule has 2 aromatic heterocycles. The lowest BCUT2D eigenvalue weighted by molar-refractivity contribution is 0.0582. The molecule has 0 unspecified atom stereocenters. The summed E-state index contributed by atoms with van der Waals surface area (Å²) in [7, 11) is 0. The van der Waals surface area contributed by atoms with E-state index in [0.717, 1.165) is 46.5 Å². The van der Waals surface area contributed by atoms with E-state index in [0.29, 0.717) is 19.6 Å². The lowest BCUT2D eigenvalue weighted by Crippen LogP contribution is -2.56. The van der Waals surface area contributed by atoms with Gasteiger partial charge >= 0.3 is 6.03 Å². The van der Waals surface area contributed by atoms with Crippen molar-refractivity contribution >= 4 is 39.2 Å². The van der Waals surface area contributed by atoms with Crippen LogP contribution in [0.15, 0.2) is 72.1 Å². The van der Waals surface area contributed by atoms with Crippen LogP contribution in [0.25, 0.3) is 10.2 Å². The number of carbonyl (C=O) groups is 2. The summed E-state index contributed by atoms with van der Waals surface area (Å²) in [5.74, 6) is 0.0453. The quantitative estimate of drug-likeness (QED) is 0.352. The van der Waals surface area contributed by atoms with Crippen molar-refractivity contribution in [2.75, 3.05) is 25.0 Å². The fourth-order valence-electron chi connectivity index (χ4n) is 4.97. The van der Waals surface area contributed by atoms with Gasteiger partial charge in [-0.1, -0.05) is 48.5 Å². The third-order valence-corrected chi connectivity index (χ3v) is 7.93. The Morgan fingerprint density at radius 3 is 2.58 bits per heavy atom. The number of carbonyl (C=O) groups excluding carboxylic acids is 2. The monoisotopic (exact) mass is 500 g/mol. The number of amides is 3. The smallest absolute Gasteiger partial charge is 0.322 e. The highest BCUT2D eigenvalue weighted by molar-refractivity contribution is 7.16. The Morgan fingerprint density at radius 1 is 1.03 bits per heavy atom. The minimum atomic E-state index is -0.117. The number of urea groups is 1. The molecule has 36 heavy (non-hydrogen) atoms. The molecule has 6 nitrogen and oxygen atoms in total. The second-order valence-corrected chi connectivity index (χ2v) is 10.4. The first kappa shape index (κ1) is 24.1. The minimum Gasteiger partial charge on any atom is -0.334 e. The number of aryl methyl sites for hydroxylation is 3. The maximum atomic E-state index is 13.7. The predicted molar refractivity (Wildman–Crippen MR) is 147 cm³/mol. The molecule has 1 aliphatic heterocycles. The van der Waals surface area contributed by atoms with Gasteiger partial charge in [-0.2, -0.15) is 0 Å². The molecule has 0 bridgehead atoms. The summed E-state index contributed by atoms with van der Waals surface area (Å²) in [6.07, 6.45) is 1.94. The van der Waals surface area contributed by atoms with E-state index in [1.54, 1.807) is 11.3 Å². The van der Waals surface area contributed by atoms with Crippen LogP contribution in [0.1, 0.15) is 35.0 Å². The number of anilines is 1. The molecule has 1 saturated heterocycles. The van der Waals surface area contributed by atoms with Crippen molar-refractivity contribution in [3.05, 3.63) is 88.9 Å². The Kier molecular flexibility index (Phi) is 7.09. The van der Waals surface area contributed by atoms with E-state index in [9.17, 15) is 9.59 Å². The van der Waals surface area contributed by atoms with Crippen molar-refractivity contribution in [3.8, 4) is 0 Å². The summed E-state index contributed by atoms with van der Waals surface area (Å²) in [5, 5.41) is 6.23. The lowest BCUT2D eigenvalue weighted by atomic mass is 10.1. The Balaban J connectivity index is 1.26. The van der Waals surface area contributed by atoms with Crippen molar-refractivity contribution in [2.24, 2.45) is 0 Å². The molecule has 7 heteroatoms. The molecule has 3 amide bonds. The van der Waals surface area contributed by atoms with Crippen LogP contribution >= 0.6 is 11.3 Å². The van der Waals surface area contributed by atoms with E-state index in [4.69, 9.17) is 0 Å². The van der Waals surface area contributed by atoms with Crippen LogP contribution in [-0.2, 0) is 13.0 Å². The molecule has 1 N–H and O–H groups in total. The van der Waals surface area contributed by atoms with Gasteiger partial charge in [0, 0.05) is 43.3 Å². The van der Waals surface area contributed by atoms with Gasteiger partial charge in [-0.3, -0.25) is 4.79 Å². The van der Waals surface area contributed by atoms with Gasteiger partial charge in [0.15, 0.2) is 0 Å². The fourth-order valence-corrected chi connectivity index (χ4v) is 5.89. The number of rotatable bonds is 6. The van der Waals surface area contributed by atoms with Gasteiger partial charge in [0.2, 0.25) is 0 Å². The average molecular weight is 501 g/mol. The Bertz CT molecular complexity index is 1360. The zero-order valence-electron chi connectivity index (χ0n) is 20.8. The Labute approximate surface area is 216 Å². The predicted octanol–water partition coefficient (Wildman–Crippen LogP) is 6.02. The summed E-state index contributed by atoms with van der Waals surface area (Å²) in [6.45, 7) is 6.34. The molecule has 186 valence electrons. The van der Waals surface area contributed by atoms with Gasteiger partial charge in [0.1, 0.15) is 10.5 Å². The third-order valence-electron chi connectivity index (χ3n) is 6.97. The summed E-state index contributed by atoms with van der Waals surface area (Å²) in [4.78, 5) is 31.5. The Morgan fingerprint density at radius 2 is 1.81 bits per heavy atom. The van der Waals surface area contributed by atoms with E-state index >= 15 is 0 Å². The van der Waals surface area contributed by atoms with E-state index in [2.05, 4.69) is 45.6 Å². The fraction of sp³-hybridized carbons (Fsp3) is 0.310. The van der Waals surface area contributed by atoms with Gasteiger partial charge in [-0.15, -0.1) is 11.3 Å². The van der Waals surface area contributed by atoms with Crippen LogP contribution in [-0.4, -0.2) is 52.0 Å². The third kappa shape index (κ3) is 5.02. The first-order valence-corrected chi connectivity index (χ1v) is 13.4. The molecule has 4 aromatic rings. The van der Waals surface area contributed by atoms with Crippen molar-refractivity contribution in [2.45, 2.75) is 39.3 Å². The number of fused-ring (bicyclic) bond motifs is 1. The van der Waals surface area contributed by atoms with Crippen LogP contribution in [0.5, 0.6) is 0 Å². The van der Waals surface area contributed by atoms with Crippen molar-refractivity contribution in [3.63, 3.8) is 0 Å². The van der Waals surface area contributed by atoms with E-state index in [-0.39, 0.29) is 18.0 Å². The zero-order valence-corrected chi connectivity index (χ0v) is 21.6. The molecule has 1 atom stereocenters. The van der Waals surface area contributed by atoms with E-state index < -0.39 is 0 Å². The van der Waals surface area contributed by atoms with Gasteiger partial charge in [-0.25, -0.2) is 4.79 Å². The molecule has 3 heterocycles. The van der Waals surface area contributed by atoms with Crippen LogP contribution < -0.4 is 5.32 Å². The standard InChI is InChI=1S/C29H32N4O2S/c1-21-9-6-7-13-25(21)30-29(35)32-17-16-31(20-22(32)2)27(34)26-19-24-14-18-36-28(24)33(26)15-8-12-23-10-4-3-5-11-23/h3-7,9-11,13-14,18-19,22H,8,12,15-17,20H2,1-2H3,(H,30,35)/t22-/m0/s1. The second-order valence-electron chi connectivity index (χ2n) is 9.49. The number of nitrogens with zero attached hydrogens (tertiary/aromatic N) is 3. The molecule has 0 aliphatic carbocycles. The number of piperazine rings is 1. The number of nitrogens with one attached hydrogen (secondary N) is 1. The number of aromatic nitrogens is 1. The molecule has 0 spiro atoms. The van der Waals surface area contributed by atoms with Crippen molar-refractivity contribution < 1.29 is 9.59 Å². The topological polar surface area (TPSA) is 57.6 Å². The maximum absolute atomic E-state index is 13.7. The highest BCUT2D eigenvalue weighted by atomic mass is 32.1. The van der Waals surface area contributed by atoms with E-state index in [1.165, 1.54) is 5.56 Å². The molecule has 0 radical (unpaired) electrons. The van der Waals surface area contributed by atoms with Gasteiger partial charge in [0.25, 0.3) is 5.91 Å². The lowest BCUT2D eigenvalue weighted by Gasteiger charge is -2.39. The molecule has 1 aliphatic rings. The van der Waals surface area contributed by atoms with Gasteiger partial charge in [0.05, 0.1) is 0 Å². The molecular formula is C29H32N4O2S. The molecular weight excluding hydrogens is 468 g/mol. The van der Waals surface area contributed by atoms with E-state index in [1.807, 2.05) is 60.0 Å². The first-order valence-electron chi connectivity index (χ1n) is 12.5. The second kappa shape index (κ2) is 10.6. The highest BCUT2D eigenvalue weighted by Crippen LogP contribution is 2.27. The van der Waals surface area contributed by atoms with Crippen LogP contribution in [0.3, 0.4) is 0 Å². The number of hydrogen-bond donors (Lipinski definition) is 1. The number of hydrogen-bond acceptors (Lipinski definition) is 3. The number of para-hydroxylation sites is 1. The van der Waals surface area contributed by atoms with Crippen LogP contribution in [0.2, 0.25) is 0 Å². The summed E-state index contributed by atoms with van der Waals surface area (Å²) in [6, 6.07) is 22.2. The van der Waals surface area contributed by atoms with Gasteiger partial charge < -0.3 is 19.7 Å². The normalized spacial score (nSPS) is 15.9. The molecule has 1 fully saturated rings. The minimum absolute atomic E-state index is 0.0453. The highest BCUT2D eigenvalue weighted by Gasteiger charge is 2.32. The largest absolute Gasteiger partial charge is 0.334 e. The molecule has 2 aromatic carbocycles. The summed E-state index contributed by atoms with van der Waals surface area (Å²) >= 11 is 1.68. The van der Waals surface area contributed by atoms with Gasteiger partial charge in [-0.05, 0) is 61.4 Å². The molecule has 5 rings (SSSR count). The first-order chi connectivity index (χ1) is 17.5. The number of benzene rings is 2.